The number of benzene rings is 4. The van der Waals surface area contributed by atoms with Crippen LogP contribution in [0.4, 0.5) is 14.5 Å². The number of likely N-dealkylation sites (tertiary alicyclic amines) is 1. The Labute approximate surface area is 390 Å². The Hall–Kier alpha value is -6.08. The minimum Gasteiger partial charge on any atom is -0.495 e. The van der Waals surface area contributed by atoms with Crippen molar-refractivity contribution in [2.45, 2.75) is 88.3 Å². The molecule has 5 atom stereocenters. The third-order valence-corrected chi connectivity index (χ3v) is 13.9. The van der Waals surface area contributed by atoms with Crippen molar-refractivity contribution in [1.29, 1.82) is 5.26 Å². The molecule has 0 radical (unpaired) electrons. The molecule has 3 aliphatic heterocycles. The van der Waals surface area contributed by atoms with E-state index in [2.05, 4.69) is 22.0 Å². The first-order valence-electron chi connectivity index (χ1n) is 21.8. The average molecular weight is 941 g/mol. The fourth-order valence-corrected chi connectivity index (χ4v) is 10.5. The maximum Gasteiger partial charge on any atom is 0.329 e. The number of imidazole rings is 1. The van der Waals surface area contributed by atoms with Gasteiger partial charge in [-0.05, 0) is 96.7 Å². The molecule has 3 aliphatic rings. The van der Waals surface area contributed by atoms with E-state index in [9.17, 15) is 29.2 Å². The summed E-state index contributed by atoms with van der Waals surface area (Å²) in [5.41, 5.74) is 0.101. The Bertz CT molecular complexity index is 2900. The molecular formula is C49H49Cl2F2N7O6. The molecule has 0 bridgehead atoms. The maximum absolute atomic E-state index is 16.2. The molecule has 3 fully saturated rings. The zero-order valence-electron chi connectivity index (χ0n) is 37.0. The Balaban J connectivity index is 1.02. The van der Waals surface area contributed by atoms with Crippen LogP contribution in [0.15, 0.2) is 77.6 Å². The first-order chi connectivity index (χ1) is 31.4. The number of hydrogen-bond acceptors (Lipinski definition) is 8. The zero-order valence-corrected chi connectivity index (χ0v) is 38.5. The second-order valence-corrected chi connectivity index (χ2v) is 19.4. The lowest BCUT2D eigenvalue weighted by molar-refractivity contribution is -0.135. The molecule has 5 aromatic rings. The third-order valence-electron chi connectivity index (χ3n) is 13.3. The topological polar surface area (TPSA) is 168 Å². The SMILES string of the molecule is COc1cc(C(=O)N2CCC(c3ccc4c(c3)n(C)c(=O)n4C3CCC(=O)NC3=O)CC2)ccc1NC(=O)[C@@H]1N[C@@H](CC(C)(C)C)[C@](C#N)(c2ccc(Cl)cc2F)[C@H]1c1cccc(Cl)c1F. The Morgan fingerprint density at radius 3 is 2.38 bits per heavy atom. The molecule has 4 aromatic carbocycles. The van der Waals surface area contributed by atoms with Crippen molar-refractivity contribution < 1.29 is 32.7 Å². The highest BCUT2D eigenvalue weighted by molar-refractivity contribution is 6.31. The van der Waals surface area contributed by atoms with Gasteiger partial charge in [-0.15, -0.1) is 0 Å². The van der Waals surface area contributed by atoms with Crippen LogP contribution in [-0.2, 0) is 26.8 Å². The van der Waals surface area contributed by atoms with Crippen molar-refractivity contribution in [3.63, 3.8) is 0 Å². The Morgan fingerprint density at radius 1 is 0.970 bits per heavy atom. The van der Waals surface area contributed by atoms with Crippen molar-refractivity contribution in [2.24, 2.45) is 12.5 Å². The number of anilines is 1. The van der Waals surface area contributed by atoms with Crippen molar-refractivity contribution in [3.8, 4) is 11.8 Å². The molecule has 0 spiro atoms. The molecule has 17 heteroatoms. The molecule has 3 saturated heterocycles. The number of nitrogens with zero attached hydrogens (tertiary/aromatic N) is 4. The average Bonchev–Trinajstić information content (AvgIpc) is 3.73. The van der Waals surface area contributed by atoms with E-state index in [0.717, 1.165) is 11.6 Å². The number of nitrogens with one attached hydrogen (secondary N) is 3. The van der Waals surface area contributed by atoms with Crippen LogP contribution in [0.5, 0.6) is 5.75 Å². The largest absolute Gasteiger partial charge is 0.495 e. The molecule has 8 rings (SSSR count). The predicted molar refractivity (Wildman–Crippen MR) is 246 cm³/mol. The summed E-state index contributed by atoms with van der Waals surface area (Å²) in [5.74, 6) is -4.39. The number of nitriles is 1. The van der Waals surface area contributed by atoms with Crippen LogP contribution in [-0.4, -0.2) is 69.9 Å². The summed E-state index contributed by atoms with van der Waals surface area (Å²) >= 11 is 12.5. The number of rotatable bonds is 9. The minimum atomic E-state index is -1.82. The van der Waals surface area contributed by atoms with Gasteiger partial charge in [-0.3, -0.25) is 33.6 Å². The van der Waals surface area contributed by atoms with E-state index < -0.39 is 58.3 Å². The molecule has 0 aliphatic carbocycles. The van der Waals surface area contributed by atoms with Gasteiger partial charge in [0, 0.05) is 54.7 Å². The normalized spacial score (nSPS) is 22.6. The van der Waals surface area contributed by atoms with Crippen LogP contribution >= 0.6 is 23.2 Å². The number of carbonyl (C=O) groups excluding carboxylic acids is 4. The molecule has 4 amide bonds. The molecule has 3 N–H and O–H groups in total. The number of fused-ring (bicyclic) bond motifs is 1. The van der Waals surface area contributed by atoms with Gasteiger partial charge in [-0.1, -0.05) is 68.2 Å². The van der Waals surface area contributed by atoms with E-state index in [0.29, 0.717) is 48.9 Å². The van der Waals surface area contributed by atoms with E-state index >= 15 is 8.78 Å². The summed E-state index contributed by atoms with van der Waals surface area (Å²) in [6.45, 7) is 6.73. The quantitative estimate of drug-likeness (QED) is 0.126. The number of aryl methyl sites for hydroxylation is 1. The van der Waals surface area contributed by atoms with Gasteiger partial charge >= 0.3 is 5.69 Å². The van der Waals surface area contributed by atoms with Crippen molar-refractivity contribution >= 4 is 63.6 Å². The Kier molecular flexibility index (Phi) is 12.6. The lowest BCUT2D eigenvalue weighted by Gasteiger charge is -2.37. The highest BCUT2D eigenvalue weighted by atomic mass is 35.5. The van der Waals surface area contributed by atoms with Crippen LogP contribution in [0, 0.1) is 28.4 Å². The van der Waals surface area contributed by atoms with Gasteiger partial charge in [0.15, 0.2) is 0 Å². The van der Waals surface area contributed by atoms with Crippen LogP contribution < -0.4 is 26.4 Å². The van der Waals surface area contributed by atoms with E-state index in [1.54, 1.807) is 24.1 Å². The predicted octanol–water partition coefficient (Wildman–Crippen LogP) is 7.89. The molecular weight excluding hydrogens is 891 g/mol. The molecule has 344 valence electrons. The Morgan fingerprint density at radius 2 is 1.71 bits per heavy atom. The molecule has 4 heterocycles. The number of piperidine rings is 2. The fraction of sp³-hybridized carbons (Fsp3) is 0.388. The summed E-state index contributed by atoms with van der Waals surface area (Å²) in [6.07, 6.45) is 1.97. The number of halogens is 4. The lowest BCUT2D eigenvalue weighted by atomic mass is 9.62. The summed E-state index contributed by atoms with van der Waals surface area (Å²) < 4.78 is 41.0. The number of amides is 4. The van der Waals surface area contributed by atoms with Gasteiger partial charge in [0.25, 0.3) is 5.91 Å². The summed E-state index contributed by atoms with van der Waals surface area (Å²) in [5, 5.41) is 19.6. The number of methoxy groups -OCH3 is 1. The van der Waals surface area contributed by atoms with Crippen molar-refractivity contribution in [1.82, 2.24) is 24.7 Å². The summed E-state index contributed by atoms with van der Waals surface area (Å²) in [7, 11) is 3.05. The smallest absolute Gasteiger partial charge is 0.329 e. The fourth-order valence-electron chi connectivity index (χ4n) is 10.2. The molecule has 66 heavy (non-hydrogen) atoms. The monoisotopic (exact) mass is 939 g/mol. The molecule has 1 unspecified atom stereocenters. The molecule has 1 aromatic heterocycles. The first kappa shape index (κ1) is 46.4. The summed E-state index contributed by atoms with van der Waals surface area (Å²) in [4.78, 5) is 68.1. The minimum absolute atomic E-state index is 0.0463. The van der Waals surface area contributed by atoms with Gasteiger partial charge in [0.05, 0.1) is 41.0 Å². The second-order valence-electron chi connectivity index (χ2n) is 18.6. The number of ether oxygens (including phenoxy) is 1. The molecule has 13 nitrogen and oxygen atoms in total. The molecule has 0 saturated carbocycles. The lowest BCUT2D eigenvalue weighted by Crippen LogP contribution is -2.45. The first-order valence-corrected chi connectivity index (χ1v) is 22.5. The van der Waals surface area contributed by atoms with Crippen LogP contribution in [0.1, 0.15) is 97.8 Å². The van der Waals surface area contributed by atoms with Gasteiger partial charge in [0.2, 0.25) is 17.7 Å². The van der Waals surface area contributed by atoms with Gasteiger partial charge in [-0.25, -0.2) is 13.6 Å². The van der Waals surface area contributed by atoms with E-state index in [1.807, 2.05) is 39.0 Å². The van der Waals surface area contributed by atoms with E-state index in [-0.39, 0.29) is 68.9 Å². The van der Waals surface area contributed by atoms with Gasteiger partial charge in [0.1, 0.15) is 28.8 Å². The third kappa shape index (κ3) is 8.35. The number of carbonyl (C=O) groups is 4. The number of imide groups is 1. The van der Waals surface area contributed by atoms with Crippen LogP contribution in [0.2, 0.25) is 10.0 Å². The highest BCUT2D eigenvalue weighted by Crippen LogP contribution is 2.53. The van der Waals surface area contributed by atoms with E-state index in [1.165, 1.54) is 52.6 Å². The van der Waals surface area contributed by atoms with Gasteiger partial charge in [-0.2, -0.15) is 5.26 Å². The van der Waals surface area contributed by atoms with Crippen LogP contribution in [0.25, 0.3) is 11.0 Å². The van der Waals surface area contributed by atoms with Crippen molar-refractivity contribution in [3.05, 3.63) is 127 Å². The number of hydrogen-bond donors (Lipinski definition) is 3. The van der Waals surface area contributed by atoms with Crippen LogP contribution in [0.3, 0.4) is 0 Å². The van der Waals surface area contributed by atoms with Crippen molar-refractivity contribution in [2.75, 3.05) is 25.5 Å². The van der Waals surface area contributed by atoms with Gasteiger partial charge < -0.3 is 20.3 Å². The zero-order chi connectivity index (χ0) is 47.4. The summed E-state index contributed by atoms with van der Waals surface area (Å²) in [6, 6.07) is 18.1. The second kappa shape index (κ2) is 18.0. The van der Waals surface area contributed by atoms with E-state index in [4.69, 9.17) is 27.9 Å². The highest BCUT2D eigenvalue weighted by Gasteiger charge is 2.61. The standard InChI is InChI=1S/C49H49Cl2F2N7O6/c1-48(2,3)24-39-49(25-54,31-12-11-29(50)23-33(31)52)41(30-7-6-8-32(51)42(30)53)43(56-39)45(63)55-34-13-9-28(22-38(34)66-5)46(64)59-19-17-26(18-20-59)27-10-14-35-37(21-27)58(4)47(65)60(35)36-15-16-40(61)57-44(36)62/h6-14,21-23,26,36,39,41,43,56H,15-20,24H2,1-5H3,(H,55,63)(H,57,61,62)/t36?,39-,41-,43+,49-/m0/s1. The maximum atomic E-state index is 16.2. The number of aromatic nitrogens is 2.